The summed E-state index contributed by atoms with van der Waals surface area (Å²) in [6, 6.07) is 1.43. The molecule has 1 aromatic carbocycles. The van der Waals surface area contributed by atoms with Gasteiger partial charge in [0.2, 0.25) is 0 Å². The number of aromatic amines is 1. The van der Waals surface area contributed by atoms with Crippen LogP contribution in [0.15, 0.2) is 22.7 Å². The van der Waals surface area contributed by atoms with Gasteiger partial charge >= 0.3 is 18.5 Å². The van der Waals surface area contributed by atoms with Gasteiger partial charge in [-0.25, -0.2) is 0 Å². The van der Waals surface area contributed by atoms with Crippen molar-refractivity contribution in [3.63, 3.8) is 0 Å². The molecule has 0 bridgehead atoms. The Morgan fingerprint density at radius 3 is 1.88 bits per heavy atom. The third-order valence-corrected chi connectivity index (χ3v) is 3.57. The molecule has 0 atom stereocenters. The molecule has 0 spiro atoms. The zero-order chi connectivity index (χ0) is 18.5. The smallest absolute Gasteiger partial charge is 0.272 e. The minimum Gasteiger partial charge on any atom is -0.272 e. The molecule has 2 rings (SSSR count). The van der Waals surface area contributed by atoms with Crippen molar-refractivity contribution in [1.29, 1.82) is 0 Å². The van der Waals surface area contributed by atoms with Crippen LogP contribution in [-0.4, -0.2) is 10.2 Å². The van der Waals surface area contributed by atoms with Gasteiger partial charge in [-0.05, 0) is 18.2 Å². The minimum atomic E-state index is -5.30. The van der Waals surface area contributed by atoms with Gasteiger partial charge in [0.15, 0.2) is 5.69 Å². The van der Waals surface area contributed by atoms with Crippen molar-refractivity contribution in [2.45, 2.75) is 18.5 Å². The van der Waals surface area contributed by atoms with Crippen LogP contribution in [0.4, 0.5) is 39.5 Å². The third-order valence-electron chi connectivity index (χ3n) is 2.88. The molecule has 0 saturated carbocycles. The molecule has 2 nitrogen and oxygen atoms in total. The van der Waals surface area contributed by atoms with E-state index < -0.39 is 46.6 Å². The van der Waals surface area contributed by atoms with Gasteiger partial charge < -0.3 is 0 Å². The lowest BCUT2D eigenvalue weighted by Crippen LogP contribution is -2.11. The van der Waals surface area contributed by atoms with Gasteiger partial charge in [0.25, 0.3) is 0 Å². The van der Waals surface area contributed by atoms with Crippen LogP contribution < -0.4 is 0 Å². The molecular weight excluding hydrogens is 423 g/mol. The van der Waals surface area contributed by atoms with Crippen molar-refractivity contribution in [3.05, 3.63) is 39.6 Å². The van der Waals surface area contributed by atoms with E-state index in [4.69, 9.17) is 0 Å². The number of halogens is 10. The third kappa shape index (κ3) is 3.52. The van der Waals surface area contributed by atoms with E-state index in [0.717, 1.165) is 0 Å². The fraction of sp³-hybridized carbons (Fsp3) is 0.250. The van der Waals surface area contributed by atoms with Crippen LogP contribution in [-0.2, 0) is 18.5 Å². The van der Waals surface area contributed by atoms with Crippen LogP contribution in [0.3, 0.4) is 0 Å². The van der Waals surface area contributed by atoms with E-state index in [1.807, 2.05) is 0 Å². The molecule has 1 aromatic heterocycles. The second-order valence-corrected chi connectivity index (χ2v) is 5.36. The molecule has 2 aromatic rings. The van der Waals surface area contributed by atoms with Crippen molar-refractivity contribution in [1.82, 2.24) is 10.2 Å². The van der Waals surface area contributed by atoms with Crippen molar-refractivity contribution < 1.29 is 39.5 Å². The van der Waals surface area contributed by atoms with Crippen LogP contribution >= 0.6 is 15.9 Å². The number of hydrogen-bond acceptors (Lipinski definition) is 1. The van der Waals surface area contributed by atoms with Gasteiger partial charge in [-0.2, -0.15) is 44.6 Å². The Kier molecular flexibility index (Phi) is 4.40. The monoisotopic (exact) mass is 426 g/mol. The Bertz CT molecular complexity index is 724. The van der Waals surface area contributed by atoms with E-state index >= 15 is 0 Å². The fourth-order valence-corrected chi connectivity index (χ4v) is 2.35. The Morgan fingerprint density at radius 2 is 1.42 bits per heavy atom. The Balaban J connectivity index is 2.83. The Hall–Kier alpha value is -1.72. The zero-order valence-corrected chi connectivity index (χ0v) is 12.5. The van der Waals surface area contributed by atoms with E-state index in [-0.39, 0.29) is 10.5 Å². The van der Waals surface area contributed by atoms with Crippen molar-refractivity contribution in [2.24, 2.45) is 0 Å². The number of benzene rings is 1. The van der Waals surface area contributed by atoms with Gasteiger partial charge in [0.05, 0.1) is 5.56 Å². The highest BCUT2D eigenvalue weighted by molar-refractivity contribution is 9.10. The number of aromatic nitrogens is 2. The summed E-state index contributed by atoms with van der Waals surface area (Å²) in [6.07, 6.45) is -15.5. The highest BCUT2D eigenvalue weighted by Crippen LogP contribution is 2.46. The number of alkyl halides is 9. The second-order valence-electron chi connectivity index (χ2n) is 4.51. The average molecular weight is 427 g/mol. The van der Waals surface area contributed by atoms with Crippen molar-refractivity contribution in [3.8, 4) is 11.1 Å². The molecule has 0 fully saturated rings. The molecule has 0 amide bonds. The minimum absolute atomic E-state index is 0.194. The first-order chi connectivity index (χ1) is 10.7. The number of nitrogens with one attached hydrogen (secondary N) is 1. The van der Waals surface area contributed by atoms with E-state index in [1.54, 1.807) is 0 Å². The second kappa shape index (κ2) is 5.67. The lowest BCUT2D eigenvalue weighted by atomic mass is 10.00. The quantitative estimate of drug-likeness (QED) is 0.565. The molecular formula is C12H4BrF9N2. The largest absolute Gasteiger partial charge is 0.435 e. The maximum Gasteiger partial charge on any atom is 0.435 e. The fourth-order valence-electron chi connectivity index (χ4n) is 1.91. The molecule has 0 saturated heterocycles. The van der Waals surface area contributed by atoms with Gasteiger partial charge in [0.1, 0.15) is 5.69 Å². The summed E-state index contributed by atoms with van der Waals surface area (Å²) < 4.78 is 115. The van der Waals surface area contributed by atoms with E-state index in [2.05, 4.69) is 21.0 Å². The molecule has 24 heavy (non-hydrogen) atoms. The van der Waals surface area contributed by atoms with E-state index in [0.29, 0.717) is 12.1 Å². The molecule has 0 unspecified atom stereocenters. The van der Waals surface area contributed by atoms with Crippen LogP contribution in [0.5, 0.6) is 0 Å². The molecule has 0 aliphatic heterocycles. The molecule has 1 N–H and O–H groups in total. The predicted molar refractivity (Wildman–Crippen MR) is 66.7 cm³/mol. The lowest BCUT2D eigenvalue weighted by Gasteiger charge is -2.14. The van der Waals surface area contributed by atoms with Crippen LogP contribution in [0, 0.1) is 0 Å². The lowest BCUT2D eigenvalue weighted by molar-refractivity contribution is -0.142. The molecule has 0 aliphatic rings. The van der Waals surface area contributed by atoms with Crippen molar-refractivity contribution >= 4 is 15.9 Å². The van der Waals surface area contributed by atoms with Crippen LogP contribution in [0.1, 0.15) is 17.0 Å². The average Bonchev–Trinajstić information content (AvgIpc) is 2.82. The summed E-state index contributed by atoms with van der Waals surface area (Å²) in [6.45, 7) is 0. The molecule has 1 heterocycles. The predicted octanol–water partition coefficient (Wildman–Crippen LogP) is 5.90. The van der Waals surface area contributed by atoms with Gasteiger partial charge in [-0.15, -0.1) is 0 Å². The molecule has 0 radical (unpaired) electrons. The number of rotatable bonds is 1. The normalized spacial score (nSPS) is 13.4. The summed E-state index contributed by atoms with van der Waals surface area (Å²) in [7, 11) is 0. The number of H-pyrrole nitrogens is 1. The molecule has 0 aliphatic carbocycles. The summed E-state index contributed by atoms with van der Waals surface area (Å²) in [5, 5.41) is 3.80. The molecule has 12 heteroatoms. The maximum atomic E-state index is 12.9. The van der Waals surface area contributed by atoms with Crippen LogP contribution in [0.25, 0.3) is 11.1 Å². The van der Waals surface area contributed by atoms with Crippen LogP contribution in [0.2, 0.25) is 0 Å². The SMILES string of the molecule is FC(F)(F)c1ccc(Br)c(-c2c(C(F)(F)F)n[nH]c2C(F)(F)F)c1. The van der Waals surface area contributed by atoms with E-state index in [1.165, 1.54) is 5.10 Å². The number of nitrogens with zero attached hydrogens (tertiary/aromatic N) is 1. The standard InChI is InChI=1S/C12H4BrF9N2/c13-6-2-1-4(10(14,15)16)3-5(6)7-8(11(17,18)19)23-24-9(7)12(20,21)22/h1-3H,(H,23,24). The number of hydrogen-bond donors (Lipinski definition) is 1. The summed E-state index contributed by atoms with van der Waals surface area (Å²) >= 11 is 2.68. The maximum absolute atomic E-state index is 12.9. The highest BCUT2D eigenvalue weighted by Gasteiger charge is 2.45. The van der Waals surface area contributed by atoms with Gasteiger partial charge in [-0.3, -0.25) is 5.10 Å². The van der Waals surface area contributed by atoms with Gasteiger partial charge in [0, 0.05) is 15.6 Å². The highest BCUT2D eigenvalue weighted by atomic mass is 79.9. The first kappa shape index (κ1) is 18.6. The Labute approximate surface area is 135 Å². The first-order valence-corrected chi connectivity index (χ1v) is 6.62. The summed E-state index contributed by atoms with van der Waals surface area (Å²) in [5.41, 5.74) is -7.70. The zero-order valence-electron chi connectivity index (χ0n) is 11.0. The molecule has 132 valence electrons. The first-order valence-electron chi connectivity index (χ1n) is 5.83. The summed E-state index contributed by atoms with van der Waals surface area (Å²) in [4.78, 5) is 0. The van der Waals surface area contributed by atoms with Gasteiger partial charge in [-0.1, -0.05) is 15.9 Å². The van der Waals surface area contributed by atoms with Crippen molar-refractivity contribution in [2.75, 3.05) is 0 Å². The summed E-state index contributed by atoms with van der Waals surface area (Å²) in [5.74, 6) is 0. The Morgan fingerprint density at radius 1 is 0.833 bits per heavy atom. The topological polar surface area (TPSA) is 28.7 Å². The van der Waals surface area contributed by atoms with E-state index in [9.17, 15) is 39.5 Å².